The lowest BCUT2D eigenvalue weighted by Crippen LogP contribution is -2.19. The van der Waals surface area contributed by atoms with Crippen molar-refractivity contribution in [3.8, 4) is 11.5 Å². The van der Waals surface area contributed by atoms with Crippen molar-refractivity contribution in [2.24, 2.45) is 0 Å². The monoisotopic (exact) mass is 372 g/mol. The largest absolute Gasteiger partial charge is 0.493 e. The number of carbonyl (C=O) groups is 1. The highest BCUT2D eigenvalue weighted by molar-refractivity contribution is 9.10. The van der Waals surface area contributed by atoms with Gasteiger partial charge in [0, 0.05) is 10.0 Å². The molecule has 1 saturated carbocycles. The predicted octanol–water partition coefficient (Wildman–Crippen LogP) is 3.38. The lowest BCUT2D eigenvalue weighted by atomic mass is 10.1. The summed E-state index contributed by atoms with van der Waals surface area (Å²) < 4.78 is 17.0. The van der Waals surface area contributed by atoms with E-state index in [2.05, 4.69) is 15.9 Å². The van der Waals surface area contributed by atoms with E-state index in [1.807, 2.05) is 0 Å². The standard InChI is InChI=1S/C16H21BrO5/c1-3-21-16(19)14(18)12-8-10(17)9-13(20-2)15(12)22-11-6-4-5-7-11/h8-9,11,14,18H,3-7H2,1-2H3. The fourth-order valence-corrected chi connectivity index (χ4v) is 3.05. The van der Waals surface area contributed by atoms with Gasteiger partial charge in [-0.15, -0.1) is 0 Å². The van der Waals surface area contributed by atoms with Gasteiger partial charge in [0.15, 0.2) is 17.6 Å². The van der Waals surface area contributed by atoms with Gasteiger partial charge in [-0.05, 0) is 44.7 Å². The lowest BCUT2D eigenvalue weighted by molar-refractivity contribution is -0.153. The molecule has 1 unspecified atom stereocenters. The smallest absolute Gasteiger partial charge is 0.339 e. The quantitative estimate of drug-likeness (QED) is 0.775. The van der Waals surface area contributed by atoms with Gasteiger partial charge in [-0.1, -0.05) is 15.9 Å². The number of aliphatic hydroxyl groups is 1. The van der Waals surface area contributed by atoms with Crippen LogP contribution in [0, 0.1) is 0 Å². The molecule has 1 aromatic rings. The van der Waals surface area contributed by atoms with E-state index in [0.29, 0.717) is 21.5 Å². The molecule has 0 aliphatic heterocycles. The highest BCUT2D eigenvalue weighted by Crippen LogP contribution is 2.40. The molecule has 1 atom stereocenters. The summed E-state index contributed by atoms with van der Waals surface area (Å²) in [6.07, 6.45) is 2.87. The van der Waals surface area contributed by atoms with Crippen LogP contribution in [0.25, 0.3) is 0 Å². The number of carbonyl (C=O) groups excluding carboxylic acids is 1. The first kappa shape index (κ1) is 17.1. The van der Waals surface area contributed by atoms with Crippen LogP contribution in [0.2, 0.25) is 0 Å². The fourth-order valence-electron chi connectivity index (χ4n) is 2.59. The fraction of sp³-hybridized carbons (Fsp3) is 0.562. The molecule has 22 heavy (non-hydrogen) atoms. The third-order valence-corrected chi connectivity index (χ3v) is 4.12. The molecule has 1 N–H and O–H groups in total. The topological polar surface area (TPSA) is 65.0 Å². The predicted molar refractivity (Wildman–Crippen MR) is 85.2 cm³/mol. The molecule has 1 aliphatic rings. The zero-order valence-electron chi connectivity index (χ0n) is 12.8. The second-order valence-corrected chi connectivity index (χ2v) is 6.12. The summed E-state index contributed by atoms with van der Waals surface area (Å²) in [6.45, 7) is 1.90. The van der Waals surface area contributed by atoms with Gasteiger partial charge >= 0.3 is 5.97 Å². The zero-order valence-corrected chi connectivity index (χ0v) is 14.4. The van der Waals surface area contributed by atoms with E-state index in [4.69, 9.17) is 14.2 Å². The Bertz CT molecular complexity index is 526. The number of benzene rings is 1. The van der Waals surface area contributed by atoms with Crippen LogP contribution in [-0.4, -0.2) is 30.9 Å². The van der Waals surface area contributed by atoms with E-state index in [0.717, 1.165) is 25.7 Å². The van der Waals surface area contributed by atoms with Crippen molar-refractivity contribution < 1.29 is 24.1 Å². The molecule has 0 radical (unpaired) electrons. The van der Waals surface area contributed by atoms with E-state index in [1.54, 1.807) is 19.1 Å². The number of hydrogen-bond acceptors (Lipinski definition) is 5. The Morgan fingerprint density at radius 1 is 1.41 bits per heavy atom. The second kappa shape index (κ2) is 7.83. The van der Waals surface area contributed by atoms with Gasteiger partial charge in [0.25, 0.3) is 0 Å². The first-order chi connectivity index (χ1) is 10.6. The summed E-state index contributed by atoms with van der Waals surface area (Å²) in [5.74, 6) is 0.205. The number of halogens is 1. The molecule has 0 heterocycles. The first-order valence-electron chi connectivity index (χ1n) is 7.45. The number of hydrogen-bond donors (Lipinski definition) is 1. The van der Waals surface area contributed by atoms with Gasteiger partial charge in [-0.25, -0.2) is 4.79 Å². The van der Waals surface area contributed by atoms with E-state index >= 15 is 0 Å². The summed E-state index contributed by atoms with van der Waals surface area (Å²) in [4.78, 5) is 11.9. The number of ether oxygens (including phenoxy) is 3. The van der Waals surface area contributed by atoms with Crippen molar-refractivity contribution in [3.63, 3.8) is 0 Å². The maximum atomic E-state index is 11.9. The van der Waals surface area contributed by atoms with Gasteiger partial charge in [-0.2, -0.15) is 0 Å². The summed E-state index contributed by atoms with van der Waals surface area (Å²) in [5.41, 5.74) is 0.358. The lowest BCUT2D eigenvalue weighted by Gasteiger charge is -2.21. The van der Waals surface area contributed by atoms with Crippen molar-refractivity contribution in [3.05, 3.63) is 22.2 Å². The normalized spacial score (nSPS) is 16.4. The molecule has 6 heteroatoms. The maximum Gasteiger partial charge on any atom is 0.339 e. The Hall–Kier alpha value is -1.27. The van der Waals surface area contributed by atoms with E-state index in [-0.39, 0.29) is 12.7 Å². The minimum atomic E-state index is -1.40. The van der Waals surface area contributed by atoms with E-state index < -0.39 is 12.1 Å². The molecule has 0 aromatic heterocycles. The van der Waals surface area contributed by atoms with Gasteiger partial charge in [-0.3, -0.25) is 0 Å². The Morgan fingerprint density at radius 2 is 2.09 bits per heavy atom. The molecule has 0 bridgehead atoms. The Balaban J connectivity index is 2.36. The van der Waals surface area contributed by atoms with Crippen molar-refractivity contribution >= 4 is 21.9 Å². The molecular weight excluding hydrogens is 352 g/mol. The van der Waals surface area contributed by atoms with Crippen LogP contribution in [0.1, 0.15) is 44.3 Å². The van der Waals surface area contributed by atoms with E-state index in [9.17, 15) is 9.90 Å². The molecule has 0 spiro atoms. The summed E-state index contributed by atoms with van der Waals surface area (Å²) in [5, 5.41) is 10.3. The summed E-state index contributed by atoms with van der Waals surface area (Å²) in [6, 6.07) is 3.42. The molecule has 2 rings (SSSR count). The van der Waals surface area contributed by atoms with Crippen LogP contribution < -0.4 is 9.47 Å². The molecule has 122 valence electrons. The Morgan fingerprint density at radius 3 is 2.68 bits per heavy atom. The molecule has 1 aromatic carbocycles. The van der Waals surface area contributed by atoms with Crippen LogP contribution in [0.5, 0.6) is 11.5 Å². The minimum Gasteiger partial charge on any atom is -0.493 e. The van der Waals surface area contributed by atoms with Crippen LogP contribution >= 0.6 is 15.9 Å². The third-order valence-electron chi connectivity index (χ3n) is 3.66. The Labute approximate surface area is 138 Å². The first-order valence-corrected chi connectivity index (χ1v) is 8.24. The average molecular weight is 373 g/mol. The van der Waals surface area contributed by atoms with Crippen molar-refractivity contribution in [2.75, 3.05) is 13.7 Å². The molecule has 1 fully saturated rings. The van der Waals surface area contributed by atoms with Crippen molar-refractivity contribution in [2.45, 2.75) is 44.8 Å². The highest BCUT2D eigenvalue weighted by atomic mass is 79.9. The minimum absolute atomic E-state index is 0.0863. The maximum absolute atomic E-state index is 11.9. The molecule has 1 aliphatic carbocycles. The molecular formula is C16H21BrO5. The Kier molecular flexibility index (Phi) is 6.08. The number of rotatable bonds is 6. The molecule has 0 saturated heterocycles. The number of esters is 1. The van der Waals surface area contributed by atoms with Crippen LogP contribution in [0.15, 0.2) is 16.6 Å². The van der Waals surface area contributed by atoms with Crippen LogP contribution in [-0.2, 0) is 9.53 Å². The molecule has 0 amide bonds. The summed E-state index contributed by atoms with van der Waals surface area (Å²) >= 11 is 3.36. The van der Waals surface area contributed by atoms with Gasteiger partial charge in [0.05, 0.1) is 19.8 Å². The summed E-state index contributed by atoms with van der Waals surface area (Å²) in [7, 11) is 1.53. The van der Waals surface area contributed by atoms with Crippen LogP contribution in [0.4, 0.5) is 0 Å². The number of methoxy groups -OCH3 is 1. The third kappa shape index (κ3) is 3.93. The van der Waals surface area contributed by atoms with Gasteiger partial charge < -0.3 is 19.3 Å². The SMILES string of the molecule is CCOC(=O)C(O)c1cc(Br)cc(OC)c1OC1CCCC1. The van der Waals surface area contributed by atoms with E-state index in [1.165, 1.54) is 7.11 Å². The van der Waals surface area contributed by atoms with Crippen molar-refractivity contribution in [1.29, 1.82) is 0 Å². The molecule has 5 nitrogen and oxygen atoms in total. The number of aliphatic hydroxyl groups excluding tert-OH is 1. The zero-order chi connectivity index (χ0) is 16.1. The van der Waals surface area contributed by atoms with Gasteiger partial charge in [0.2, 0.25) is 0 Å². The highest BCUT2D eigenvalue weighted by Gasteiger charge is 2.28. The second-order valence-electron chi connectivity index (χ2n) is 5.21. The average Bonchev–Trinajstić information content (AvgIpc) is 3.01. The van der Waals surface area contributed by atoms with Crippen molar-refractivity contribution in [1.82, 2.24) is 0 Å². The van der Waals surface area contributed by atoms with Crippen LogP contribution in [0.3, 0.4) is 0 Å². The van der Waals surface area contributed by atoms with Gasteiger partial charge in [0.1, 0.15) is 0 Å².